The Balaban J connectivity index is 1.74. The van der Waals surface area contributed by atoms with Crippen molar-refractivity contribution in [3.8, 4) is 0 Å². The van der Waals surface area contributed by atoms with Gasteiger partial charge in [0.15, 0.2) is 0 Å². The fourth-order valence-electron chi connectivity index (χ4n) is 2.78. The van der Waals surface area contributed by atoms with E-state index in [1.165, 1.54) is 18.5 Å². The number of nitrogens with zero attached hydrogens (tertiary/aromatic N) is 1. The number of rotatable bonds is 1. The lowest BCUT2D eigenvalue weighted by atomic mass is 9.73. The number of anilines is 1. The van der Waals surface area contributed by atoms with Gasteiger partial charge in [0.05, 0.1) is 5.69 Å². The average Bonchev–Trinajstić information content (AvgIpc) is 2.30. The SMILES string of the molecule is Clc1ccc(Br)c(N2CC3(CCOCC3)C2)c1. The number of hydrogen-bond donors (Lipinski definition) is 0. The van der Waals surface area contributed by atoms with Gasteiger partial charge in [-0.2, -0.15) is 0 Å². The van der Waals surface area contributed by atoms with Crippen molar-refractivity contribution >= 4 is 33.2 Å². The van der Waals surface area contributed by atoms with Crippen LogP contribution in [-0.2, 0) is 4.74 Å². The molecule has 0 radical (unpaired) electrons. The van der Waals surface area contributed by atoms with E-state index in [9.17, 15) is 0 Å². The van der Waals surface area contributed by atoms with Crippen molar-refractivity contribution in [2.45, 2.75) is 12.8 Å². The predicted molar refractivity (Wildman–Crippen MR) is 73.9 cm³/mol. The highest BCUT2D eigenvalue weighted by molar-refractivity contribution is 9.10. The maximum Gasteiger partial charge on any atom is 0.0525 e. The average molecular weight is 317 g/mol. The summed E-state index contributed by atoms with van der Waals surface area (Å²) in [5.74, 6) is 0. The second-order valence-corrected chi connectivity index (χ2v) is 6.35. The Morgan fingerprint density at radius 3 is 2.65 bits per heavy atom. The third kappa shape index (κ3) is 2.20. The van der Waals surface area contributed by atoms with E-state index in [1.54, 1.807) is 0 Å². The van der Waals surface area contributed by atoms with Crippen LogP contribution in [0, 0.1) is 5.41 Å². The molecule has 2 fully saturated rings. The van der Waals surface area contributed by atoms with Gasteiger partial charge in [-0.25, -0.2) is 0 Å². The summed E-state index contributed by atoms with van der Waals surface area (Å²) in [5.41, 5.74) is 1.72. The molecule has 0 atom stereocenters. The first-order chi connectivity index (χ1) is 8.19. The van der Waals surface area contributed by atoms with E-state index in [4.69, 9.17) is 16.3 Å². The molecule has 2 heterocycles. The van der Waals surface area contributed by atoms with Crippen LogP contribution in [0.25, 0.3) is 0 Å². The fourth-order valence-corrected chi connectivity index (χ4v) is 3.45. The summed E-state index contributed by atoms with van der Waals surface area (Å²) in [4.78, 5) is 2.40. The van der Waals surface area contributed by atoms with E-state index in [2.05, 4.69) is 20.8 Å². The topological polar surface area (TPSA) is 12.5 Å². The molecule has 2 aliphatic heterocycles. The molecule has 3 rings (SSSR count). The first kappa shape index (κ1) is 11.8. The molecule has 4 heteroatoms. The zero-order valence-electron chi connectivity index (χ0n) is 9.59. The van der Waals surface area contributed by atoms with Crippen LogP contribution < -0.4 is 4.90 Å². The highest BCUT2D eigenvalue weighted by Crippen LogP contribution is 2.44. The molecule has 2 nitrogen and oxygen atoms in total. The third-order valence-electron chi connectivity index (χ3n) is 3.85. The summed E-state index contributed by atoms with van der Waals surface area (Å²) in [6.45, 7) is 4.11. The van der Waals surface area contributed by atoms with Gasteiger partial charge in [-0.05, 0) is 47.0 Å². The molecule has 0 aromatic heterocycles. The lowest BCUT2D eigenvalue weighted by molar-refractivity contribution is -0.000232. The summed E-state index contributed by atoms with van der Waals surface area (Å²) < 4.78 is 6.56. The first-order valence-electron chi connectivity index (χ1n) is 5.96. The number of halogens is 2. The predicted octanol–water partition coefficient (Wildman–Crippen LogP) is 3.72. The summed E-state index contributed by atoms with van der Waals surface area (Å²) in [6.07, 6.45) is 2.39. The summed E-state index contributed by atoms with van der Waals surface area (Å²) in [7, 11) is 0. The minimum Gasteiger partial charge on any atom is -0.381 e. The Hall–Kier alpha value is -0.250. The molecule has 1 aromatic rings. The van der Waals surface area contributed by atoms with E-state index in [1.807, 2.05) is 18.2 Å². The minimum atomic E-state index is 0.500. The van der Waals surface area contributed by atoms with Crippen LogP contribution in [0.3, 0.4) is 0 Å². The zero-order valence-corrected chi connectivity index (χ0v) is 11.9. The molecule has 1 aromatic carbocycles. The summed E-state index contributed by atoms with van der Waals surface area (Å²) in [5, 5.41) is 0.802. The lowest BCUT2D eigenvalue weighted by Crippen LogP contribution is -2.58. The van der Waals surface area contributed by atoms with Crippen LogP contribution in [-0.4, -0.2) is 26.3 Å². The molecule has 0 aliphatic carbocycles. The van der Waals surface area contributed by atoms with Crippen LogP contribution in [0.5, 0.6) is 0 Å². The van der Waals surface area contributed by atoms with Gasteiger partial charge in [-0.15, -0.1) is 0 Å². The lowest BCUT2D eigenvalue weighted by Gasteiger charge is -2.53. The molecule has 2 aliphatic rings. The summed E-state index contributed by atoms with van der Waals surface area (Å²) in [6, 6.07) is 5.98. The van der Waals surface area contributed by atoms with E-state index >= 15 is 0 Å². The first-order valence-corrected chi connectivity index (χ1v) is 7.13. The minimum absolute atomic E-state index is 0.500. The van der Waals surface area contributed by atoms with Crippen molar-refractivity contribution in [1.82, 2.24) is 0 Å². The second-order valence-electron chi connectivity index (χ2n) is 5.06. The van der Waals surface area contributed by atoms with E-state index in [-0.39, 0.29) is 0 Å². The van der Waals surface area contributed by atoms with Gasteiger partial charge in [0.25, 0.3) is 0 Å². The Labute approximate surface area is 115 Å². The maximum atomic E-state index is 6.05. The van der Waals surface area contributed by atoms with Gasteiger partial charge in [-0.3, -0.25) is 0 Å². The molecule has 0 bridgehead atoms. The fraction of sp³-hybridized carbons (Fsp3) is 0.538. The van der Waals surface area contributed by atoms with Crippen molar-refractivity contribution in [2.24, 2.45) is 5.41 Å². The Morgan fingerprint density at radius 2 is 1.94 bits per heavy atom. The maximum absolute atomic E-state index is 6.05. The van der Waals surface area contributed by atoms with Crippen molar-refractivity contribution in [1.29, 1.82) is 0 Å². The zero-order chi connectivity index (χ0) is 11.9. The number of hydrogen-bond acceptors (Lipinski definition) is 2. The van der Waals surface area contributed by atoms with Crippen molar-refractivity contribution in [3.63, 3.8) is 0 Å². The van der Waals surface area contributed by atoms with Crippen molar-refractivity contribution < 1.29 is 4.74 Å². The molecule has 17 heavy (non-hydrogen) atoms. The van der Waals surface area contributed by atoms with Gasteiger partial charge in [0, 0.05) is 41.2 Å². The second kappa shape index (κ2) is 4.45. The van der Waals surface area contributed by atoms with Gasteiger partial charge >= 0.3 is 0 Å². The Morgan fingerprint density at radius 1 is 1.24 bits per heavy atom. The van der Waals surface area contributed by atoms with Crippen LogP contribution in [0.2, 0.25) is 5.02 Å². The smallest absolute Gasteiger partial charge is 0.0525 e. The van der Waals surface area contributed by atoms with Crippen molar-refractivity contribution in [2.75, 3.05) is 31.2 Å². The highest BCUT2D eigenvalue weighted by atomic mass is 79.9. The molecule has 1 spiro atoms. The molecule has 0 saturated carbocycles. The largest absolute Gasteiger partial charge is 0.381 e. The third-order valence-corrected chi connectivity index (χ3v) is 4.76. The van der Waals surface area contributed by atoms with Crippen molar-refractivity contribution in [3.05, 3.63) is 27.7 Å². The van der Waals surface area contributed by atoms with Crippen LogP contribution in [0.1, 0.15) is 12.8 Å². The normalized spacial score (nSPS) is 22.6. The van der Waals surface area contributed by atoms with E-state index in [0.29, 0.717) is 5.41 Å². The molecular weight excluding hydrogens is 302 g/mol. The standard InChI is InChI=1S/C13H15BrClNO/c14-11-2-1-10(15)7-12(11)16-8-13(9-16)3-5-17-6-4-13/h1-2,7H,3-6,8-9H2. The number of benzene rings is 1. The molecule has 2 saturated heterocycles. The van der Waals surface area contributed by atoms with Gasteiger partial charge < -0.3 is 9.64 Å². The van der Waals surface area contributed by atoms with Gasteiger partial charge in [0.2, 0.25) is 0 Å². The molecular formula is C13H15BrClNO. The van der Waals surface area contributed by atoms with Crippen LogP contribution >= 0.6 is 27.5 Å². The van der Waals surface area contributed by atoms with Crippen LogP contribution in [0.4, 0.5) is 5.69 Å². The van der Waals surface area contributed by atoms with Gasteiger partial charge in [0.1, 0.15) is 0 Å². The Kier molecular flexibility index (Phi) is 3.09. The van der Waals surface area contributed by atoms with Gasteiger partial charge in [-0.1, -0.05) is 11.6 Å². The molecule has 0 amide bonds. The highest BCUT2D eigenvalue weighted by Gasteiger charge is 2.44. The van der Waals surface area contributed by atoms with E-state index in [0.717, 1.165) is 35.8 Å². The van der Waals surface area contributed by atoms with Crippen LogP contribution in [0.15, 0.2) is 22.7 Å². The van der Waals surface area contributed by atoms with E-state index < -0.39 is 0 Å². The Bertz CT molecular complexity index is 423. The molecule has 0 N–H and O–H groups in total. The summed E-state index contributed by atoms with van der Waals surface area (Å²) >= 11 is 9.64. The molecule has 0 unspecified atom stereocenters. The molecule has 92 valence electrons. The number of ether oxygens (including phenoxy) is 1. The quantitative estimate of drug-likeness (QED) is 0.783. The monoisotopic (exact) mass is 315 g/mol.